The molecule has 3 aromatic heterocycles. The predicted octanol–water partition coefficient (Wildman–Crippen LogP) is 8.18. The van der Waals surface area contributed by atoms with Crippen LogP contribution in [-0.2, 0) is 15.7 Å². The molecule has 264 valence electrons. The summed E-state index contributed by atoms with van der Waals surface area (Å²) in [6, 6.07) is 11.1. The zero-order valence-electron chi connectivity index (χ0n) is 28.9. The van der Waals surface area contributed by atoms with Gasteiger partial charge < -0.3 is 19.4 Å². The number of amides is 3. The number of aryl methyl sites for hydroxylation is 1. The third-order valence-corrected chi connectivity index (χ3v) is 7.04. The quantitative estimate of drug-likeness (QED) is 0.188. The normalized spacial score (nSPS) is 11.8. The van der Waals surface area contributed by atoms with Crippen LogP contribution in [0.4, 0.5) is 34.1 Å². The van der Waals surface area contributed by atoms with E-state index in [9.17, 15) is 27.6 Å². The van der Waals surface area contributed by atoms with Gasteiger partial charge in [0.1, 0.15) is 22.6 Å². The van der Waals surface area contributed by atoms with Gasteiger partial charge in [-0.25, -0.2) is 19.6 Å². The minimum atomic E-state index is -4.65. The van der Waals surface area contributed by atoms with Crippen molar-refractivity contribution in [3.8, 4) is 17.5 Å². The number of imide groups is 1. The maximum Gasteiger partial charge on any atom is 0.424 e. The van der Waals surface area contributed by atoms with E-state index in [1.54, 1.807) is 77.3 Å². The molecule has 0 saturated carbocycles. The van der Waals surface area contributed by atoms with E-state index in [0.29, 0.717) is 11.3 Å². The lowest BCUT2D eigenvalue weighted by molar-refractivity contribution is -0.137. The Bertz CT molecular complexity index is 2150. The number of anilines is 2. The van der Waals surface area contributed by atoms with E-state index >= 15 is 0 Å². The van der Waals surface area contributed by atoms with E-state index in [1.165, 1.54) is 47.7 Å². The lowest BCUT2D eigenvalue weighted by Gasteiger charge is -2.28. The summed E-state index contributed by atoms with van der Waals surface area (Å²) in [6.07, 6.45) is 0.854. The first-order chi connectivity index (χ1) is 23.8. The van der Waals surface area contributed by atoms with Crippen molar-refractivity contribution in [3.63, 3.8) is 0 Å². The second-order valence-corrected chi connectivity index (χ2v) is 13.5. The number of carbonyl (C=O) groups excluding carboxylic acids is 3. The number of alkyl halides is 3. The maximum absolute atomic E-state index is 13.7. The Kier molecular flexibility index (Phi) is 9.69. The molecule has 0 spiro atoms. The largest absolute Gasteiger partial charge is 0.443 e. The van der Waals surface area contributed by atoms with Crippen molar-refractivity contribution in [3.05, 3.63) is 108 Å². The molecule has 0 aliphatic heterocycles. The van der Waals surface area contributed by atoms with Crippen LogP contribution < -0.4 is 10.2 Å². The molecule has 3 heterocycles. The van der Waals surface area contributed by atoms with E-state index in [-0.39, 0.29) is 28.3 Å². The van der Waals surface area contributed by atoms with E-state index in [4.69, 9.17) is 9.47 Å². The molecule has 2 aromatic carbocycles. The van der Waals surface area contributed by atoms with Gasteiger partial charge in [-0.05, 0) is 102 Å². The smallest absolute Gasteiger partial charge is 0.424 e. The SMILES string of the molecule is Cc1ccc(C(=O)Nc2cc(-n3ccnc3)cc(C(F)(F)F)c2)cc1C#Cc1cnc2c(N(C(=O)OC(C)(C)C)C(=O)OC(C)(C)C)cccn12. The number of benzene rings is 2. The molecule has 5 rings (SSSR count). The monoisotopic (exact) mass is 700 g/mol. The van der Waals surface area contributed by atoms with E-state index in [2.05, 4.69) is 27.1 Å². The summed E-state index contributed by atoms with van der Waals surface area (Å²) in [5.41, 5.74) is -0.544. The highest BCUT2D eigenvalue weighted by Crippen LogP contribution is 2.33. The average molecular weight is 701 g/mol. The van der Waals surface area contributed by atoms with Gasteiger partial charge in [-0.15, -0.1) is 0 Å². The van der Waals surface area contributed by atoms with Gasteiger partial charge in [-0.1, -0.05) is 12.0 Å². The van der Waals surface area contributed by atoms with Gasteiger partial charge >= 0.3 is 18.4 Å². The number of hydrogen-bond acceptors (Lipinski definition) is 7. The fourth-order valence-corrected chi connectivity index (χ4v) is 4.79. The number of ether oxygens (including phenoxy) is 2. The minimum absolute atomic E-state index is 0.0555. The highest BCUT2D eigenvalue weighted by Gasteiger charge is 2.35. The summed E-state index contributed by atoms with van der Waals surface area (Å²) in [7, 11) is 0. The van der Waals surface area contributed by atoms with Crippen LogP contribution in [-0.4, -0.2) is 48.2 Å². The number of carbonyl (C=O) groups is 3. The second-order valence-electron chi connectivity index (χ2n) is 13.5. The summed E-state index contributed by atoms with van der Waals surface area (Å²) in [5, 5.41) is 2.56. The molecule has 0 radical (unpaired) electrons. The van der Waals surface area contributed by atoms with Gasteiger partial charge in [0.25, 0.3) is 5.91 Å². The summed E-state index contributed by atoms with van der Waals surface area (Å²) < 4.78 is 55.1. The topological polar surface area (TPSA) is 120 Å². The van der Waals surface area contributed by atoms with E-state index < -0.39 is 41.0 Å². The van der Waals surface area contributed by atoms with Crippen molar-refractivity contribution in [1.29, 1.82) is 0 Å². The zero-order chi connectivity index (χ0) is 37.3. The van der Waals surface area contributed by atoms with Crippen molar-refractivity contribution >= 4 is 35.1 Å². The Labute approximate surface area is 292 Å². The molecule has 51 heavy (non-hydrogen) atoms. The highest BCUT2D eigenvalue weighted by molar-refractivity contribution is 6.12. The predicted molar refractivity (Wildman–Crippen MR) is 184 cm³/mol. The first-order valence-electron chi connectivity index (χ1n) is 15.7. The molecule has 3 amide bonds. The van der Waals surface area contributed by atoms with Gasteiger partial charge in [0.2, 0.25) is 0 Å². The zero-order valence-corrected chi connectivity index (χ0v) is 28.9. The van der Waals surface area contributed by atoms with Crippen molar-refractivity contribution in [2.75, 3.05) is 10.2 Å². The Morgan fingerprint density at radius 1 is 0.882 bits per heavy atom. The molecule has 0 aliphatic rings. The molecule has 0 unspecified atom stereocenters. The van der Waals surface area contributed by atoms with Crippen molar-refractivity contribution in [1.82, 2.24) is 18.9 Å². The third-order valence-electron chi connectivity index (χ3n) is 7.04. The molecule has 0 atom stereocenters. The van der Waals surface area contributed by atoms with Crippen LogP contribution in [0.3, 0.4) is 0 Å². The summed E-state index contributed by atoms with van der Waals surface area (Å²) in [5.74, 6) is 5.42. The number of aromatic nitrogens is 4. The second kappa shape index (κ2) is 13.7. The van der Waals surface area contributed by atoms with Gasteiger partial charge in [0.15, 0.2) is 5.65 Å². The van der Waals surface area contributed by atoms with E-state index in [0.717, 1.165) is 22.6 Å². The lowest BCUT2D eigenvalue weighted by Crippen LogP contribution is -2.44. The molecule has 1 N–H and O–H groups in total. The number of nitrogens with zero attached hydrogens (tertiary/aromatic N) is 5. The molecule has 11 nitrogen and oxygen atoms in total. The van der Waals surface area contributed by atoms with Gasteiger partial charge in [0.05, 0.1) is 18.1 Å². The van der Waals surface area contributed by atoms with Gasteiger partial charge in [0, 0.05) is 41.1 Å². The molecule has 0 fully saturated rings. The Hall–Kier alpha value is -6.10. The van der Waals surface area contributed by atoms with Crippen LogP contribution in [0.5, 0.6) is 0 Å². The maximum atomic E-state index is 13.7. The molecule has 5 aromatic rings. The molecule has 0 bridgehead atoms. The van der Waals surface area contributed by atoms with Gasteiger partial charge in [-0.2, -0.15) is 18.1 Å². The third kappa shape index (κ3) is 8.74. The fourth-order valence-electron chi connectivity index (χ4n) is 4.79. The number of hydrogen-bond donors (Lipinski definition) is 1. The van der Waals surface area contributed by atoms with Crippen LogP contribution in [0.2, 0.25) is 0 Å². The number of imidazole rings is 2. The number of fused-ring (bicyclic) bond motifs is 1. The first kappa shape index (κ1) is 36.2. The van der Waals surface area contributed by atoms with Crippen LogP contribution in [0, 0.1) is 18.8 Å². The van der Waals surface area contributed by atoms with Crippen LogP contribution in [0.1, 0.15) is 74.3 Å². The molecule has 0 saturated heterocycles. The summed E-state index contributed by atoms with van der Waals surface area (Å²) in [6.45, 7) is 11.8. The minimum Gasteiger partial charge on any atom is -0.443 e. The molecule has 14 heteroatoms. The van der Waals surface area contributed by atoms with E-state index in [1.807, 2.05) is 0 Å². The number of rotatable bonds is 4. The Balaban J connectivity index is 1.46. The van der Waals surface area contributed by atoms with Crippen LogP contribution in [0.15, 0.2) is 79.6 Å². The lowest BCUT2D eigenvalue weighted by atomic mass is 10.0. The molecular weight excluding hydrogens is 665 g/mol. The van der Waals surface area contributed by atoms with Crippen LogP contribution in [0.25, 0.3) is 11.3 Å². The standard InChI is InChI=1S/C37H35F3N6O5/c1-23-10-11-25(32(47)43-27-18-26(37(38,39)40)19-29(20-27)44-16-14-41-22-44)17-24(23)12-13-28-21-42-31-30(9-8-15-45(28)31)46(33(48)50-35(2,3)4)34(49)51-36(5,6)7/h8-11,14-22H,1-7H3,(H,43,47). The summed E-state index contributed by atoms with van der Waals surface area (Å²) >= 11 is 0. The fraction of sp³-hybridized carbons (Fsp3) is 0.270. The molecule has 0 aliphatic carbocycles. The van der Waals surface area contributed by atoms with Crippen LogP contribution >= 0.6 is 0 Å². The Morgan fingerprint density at radius 2 is 1.57 bits per heavy atom. The Morgan fingerprint density at radius 3 is 2.18 bits per heavy atom. The number of pyridine rings is 1. The number of halogens is 3. The first-order valence-corrected chi connectivity index (χ1v) is 15.7. The summed E-state index contributed by atoms with van der Waals surface area (Å²) in [4.78, 5) is 48.9. The van der Waals surface area contributed by atoms with Crippen molar-refractivity contribution in [2.45, 2.75) is 65.8 Å². The number of nitrogens with one attached hydrogen (secondary N) is 1. The van der Waals surface area contributed by atoms with Crippen molar-refractivity contribution < 1.29 is 37.0 Å². The van der Waals surface area contributed by atoms with Gasteiger partial charge in [-0.3, -0.25) is 9.20 Å². The highest BCUT2D eigenvalue weighted by atomic mass is 19.4. The average Bonchev–Trinajstić information content (AvgIpc) is 3.70. The molecular formula is C37H35F3N6O5. The van der Waals surface area contributed by atoms with Crippen molar-refractivity contribution in [2.24, 2.45) is 0 Å².